The third-order valence-corrected chi connectivity index (χ3v) is 7.00. The summed E-state index contributed by atoms with van der Waals surface area (Å²) in [6.45, 7) is 9.81. The number of hydrogen-bond acceptors (Lipinski definition) is 6. The van der Waals surface area contributed by atoms with Crippen molar-refractivity contribution in [2.75, 3.05) is 69.5 Å². The van der Waals surface area contributed by atoms with Gasteiger partial charge in [0.15, 0.2) is 0 Å². The summed E-state index contributed by atoms with van der Waals surface area (Å²) in [5.41, 5.74) is 6.37. The molecule has 2 aliphatic heterocycles. The van der Waals surface area contributed by atoms with Crippen LogP contribution in [0.15, 0.2) is 72.8 Å². The second-order valence-corrected chi connectivity index (χ2v) is 9.53. The van der Waals surface area contributed by atoms with Gasteiger partial charge in [0.1, 0.15) is 5.75 Å². The van der Waals surface area contributed by atoms with Gasteiger partial charge in [-0.1, -0.05) is 36.4 Å². The SMILES string of the molecule is COc1cccc(CN(Cc2ccc(N3CCOCC3)cc2)c2ccc(CN3CCOCC3)cc2)c1. The molecule has 0 bridgehead atoms. The lowest BCUT2D eigenvalue weighted by Crippen LogP contribution is -2.36. The molecule has 2 saturated heterocycles. The molecule has 2 fully saturated rings. The molecule has 0 N–H and O–H groups in total. The molecular formula is C30H37N3O3. The van der Waals surface area contributed by atoms with Gasteiger partial charge < -0.3 is 24.0 Å². The first-order valence-electron chi connectivity index (χ1n) is 13.0. The van der Waals surface area contributed by atoms with Crippen molar-refractivity contribution in [3.63, 3.8) is 0 Å². The average molecular weight is 488 g/mol. The van der Waals surface area contributed by atoms with E-state index in [0.717, 1.165) is 78.0 Å². The second kappa shape index (κ2) is 12.3. The molecule has 3 aromatic carbocycles. The quantitative estimate of drug-likeness (QED) is 0.440. The zero-order valence-corrected chi connectivity index (χ0v) is 21.3. The minimum atomic E-state index is 0.803. The molecule has 6 nitrogen and oxygen atoms in total. The predicted octanol–water partition coefficient (Wildman–Crippen LogP) is 4.57. The molecule has 36 heavy (non-hydrogen) atoms. The van der Waals surface area contributed by atoms with E-state index in [1.165, 1.54) is 28.1 Å². The van der Waals surface area contributed by atoms with Crippen molar-refractivity contribution >= 4 is 11.4 Å². The van der Waals surface area contributed by atoms with Crippen LogP contribution in [-0.4, -0.2) is 64.6 Å². The Morgan fingerprint density at radius 2 is 1.36 bits per heavy atom. The average Bonchev–Trinajstić information content (AvgIpc) is 2.95. The first-order valence-corrected chi connectivity index (χ1v) is 13.0. The van der Waals surface area contributed by atoms with Gasteiger partial charge in [-0.2, -0.15) is 0 Å². The molecule has 5 rings (SSSR count). The van der Waals surface area contributed by atoms with Crippen molar-refractivity contribution < 1.29 is 14.2 Å². The van der Waals surface area contributed by atoms with Gasteiger partial charge in [-0.3, -0.25) is 4.90 Å². The zero-order chi connectivity index (χ0) is 24.6. The van der Waals surface area contributed by atoms with Crippen LogP contribution in [0.5, 0.6) is 5.75 Å². The van der Waals surface area contributed by atoms with Crippen molar-refractivity contribution in [2.45, 2.75) is 19.6 Å². The summed E-state index contributed by atoms with van der Waals surface area (Å²) in [6, 6.07) is 26.4. The Balaban J connectivity index is 1.32. The molecule has 0 aliphatic carbocycles. The van der Waals surface area contributed by atoms with Crippen LogP contribution >= 0.6 is 0 Å². The van der Waals surface area contributed by atoms with Crippen LogP contribution in [-0.2, 0) is 29.1 Å². The van der Waals surface area contributed by atoms with Crippen LogP contribution in [0, 0.1) is 0 Å². The van der Waals surface area contributed by atoms with E-state index in [0.29, 0.717) is 0 Å². The van der Waals surface area contributed by atoms with Crippen LogP contribution in [0.1, 0.15) is 16.7 Å². The molecule has 2 heterocycles. The highest BCUT2D eigenvalue weighted by atomic mass is 16.5. The molecule has 0 atom stereocenters. The number of nitrogens with zero attached hydrogens (tertiary/aromatic N) is 3. The van der Waals surface area contributed by atoms with Crippen LogP contribution in [0.25, 0.3) is 0 Å². The van der Waals surface area contributed by atoms with Crippen molar-refractivity contribution in [1.29, 1.82) is 0 Å². The van der Waals surface area contributed by atoms with Gasteiger partial charge >= 0.3 is 0 Å². The number of ether oxygens (including phenoxy) is 3. The maximum atomic E-state index is 5.50. The van der Waals surface area contributed by atoms with Crippen LogP contribution in [0.2, 0.25) is 0 Å². The third-order valence-electron chi connectivity index (χ3n) is 7.00. The van der Waals surface area contributed by atoms with E-state index in [9.17, 15) is 0 Å². The first-order chi connectivity index (χ1) is 17.8. The Labute approximate surface area is 215 Å². The number of rotatable bonds is 9. The van der Waals surface area contributed by atoms with Crippen LogP contribution in [0.4, 0.5) is 11.4 Å². The number of anilines is 2. The first kappa shape index (κ1) is 24.6. The van der Waals surface area contributed by atoms with E-state index >= 15 is 0 Å². The number of methoxy groups -OCH3 is 1. The molecule has 3 aromatic rings. The fourth-order valence-corrected chi connectivity index (χ4v) is 4.91. The summed E-state index contributed by atoms with van der Waals surface area (Å²) < 4.78 is 16.5. The van der Waals surface area contributed by atoms with Crippen molar-refractivity contribution in [3.8, 4) is 5.75 Å². The molecule has 0 aromatic heterocycles. The summed E-state index contributed by atoms with van der Waals surface area (Å²) in [5, 5.41) is 0. The van der Waals surface area contributed by atoms with Gasteiger partial charge in [0.25, 0.3) is 0 Å². The van der Waals surface area contributed by atoms with E-state index in [-0.39, 0.29) is 0 Å². The predicted molar refractivity (Wildman–Crippen MR) is 145 cm³/mol. The van der Waals surface area contributed by atoms with E-state index in [1.807, 2.05) is 6.07 Å². The summed E-state index contributed by atoms with van der Waals surface area (Å²) in [7, 11) is 1.72. The number of morpholine rings is 2. The largest absolute Gasteiger partial charge is 0.497 e. The van der Waals surface area contributed by atoms with E-state index in [4.69, 9.17) is 14.2 Å². The van der Waals surface area contributed by atoms with Gasteiger partial charge in [0.2, 0.25) is 0 Å². The summed E-state index contributed by atoms with van der Waals surface area (Å²) in [5.74, 6) is 0.892. The fraction of sp³-hybridized carbons (Fsp3) is 0.400. The molecular weight excluding hydrogens is 450 g/mol. The topological polar surface area (TPSA) is 37.4 Å². The fourth-order valence-electron chi connectivity index (χ4n) is 4.91. The zero-order valence-electron chi connectivity index (χ0n) is 21.3. The maximum Gasteiger partial charge on any atom is 0.119 e. The van der Waals surface area contributed by atoms with Gasteiger partial charge in [0, 0.05) is 57.2 Å². The normalized spacial score (nSPS) is 16.6. The van der Waals surface area contributed by atoms with Crippen molar-refractivity contribution in [1.82, 2.24) is 4.90 Å². The monoisotopic (exact) mass is 487 g/mol. The highest BCUT2D eigenvalue weighted by Crippen LogP contribution is 2.25. The van der Waals surface area contributed by atoms with Crippen LogP contribution in [0.3, 0.4) is 0 Å². The number of hydrogen-bond donors (Lipinski definition) is 0. The molecule has 0 spiro atoms. The molecule has 2 aliphatic rings. The van der Waals surface area contributed by atoms with Gasteiger partial charge in [-0.05, 0) is 53.1 Å². The lowest BCUT2D eigenvalue weighted by atomic mass is 10.1. The lowest BCUT2D eigenvalue weighted by Gasteiger charge is -2.29. The second-order valence-electron chi connectivity index (χ2n) is 9.53. The maximum absolute atomic E-state index is 5.50. The Kier molecular flexibility index (Phi) is 8.39. The number of benzene rings is 3. The highest BCUT2D eigenvalue weighted by Gasteiger charge is 2.14. The molecule has 0 saturated carbocycles. The van der Waals surface area contributed by atoms with Crippen LogP contribution < -0.4 is 14.5 Å². The van der Waals surface area contributed by atoms with Gasteiger partial charge in [0.05, 0.1) is 33.5 Å². The van der Waals surface area contributed by atoms with Gasteiger partial charge in [-0.15, -0.1) is 0 Å². The van der Waals surface area contributed by atoms with Crippen molar-refractivity contribution in [3.05, 3.63) is 89.5 Å². The summed E-state index contributed by atoms with van der Waals surface area (Å²) in [6.07, 6.45) is 0. The summed E-state index contributed by atoms with van der Waals surface area (Å²) in [4.78, 5) is 7.30. The Bertz CT molecular complexity index is 1080. The molecule has 6 heteroatoms. The molecule has 0 radical (unpaired) electrons. The Morgan fingerprint density at radius 1 is 0.722 bits per heavy atom. The van der Waals surface area contributed by atoms with E-state index in [2.05, 4.69) is 81.4 Å². The minimum absolute atomic E-state index is 0.803. The van der Waals surface area contributed by atoms with Gasteiger partial charge in [-0.25, -0.2) is 0 Å². The lowest BCUT2D eigenvalue weighted by molar-refractivity contribution is 0.0342. The van der Waals surface area contributed by atoms with E-state index < -0.39 is 0 Å². The summed E-state index contributed by atoms with van der Waals surface area (Å²) >= 11 is 0. The van der Waals surface area contributed by atoms with E-state index in [1.54, 1.807) is 7.11 Å². The molecule has 0 amide bonds. The highest BCUT2D eigenvalue weighted by molar-refractivity contribution is 5.51. The minimum Gasteiger partial charge on any atom is -0.497 e. The smallest absolute Gasteiger partial charge is 0.119 e. The molecule has 190 valence electrons. The Morgan fingerprint density at radius 3 is 2.06 bits per heavy atom. The molecule has 0 unspecified atom stereocenters. The third kappa shape index (κ3) is 6.58. The standard InChI is InChI=1S/C30H37N3O3/c1-34-30-4-2-3-27(21-30)24-33(23-26-7-9-28(10-8-26)32-15-19-36-20-16-32)29-11-5-25(6-12-29)22-31-13-17-35-18-14-31/h2-12,21H,13-20,22-24H2,1H3. The Hall–Kier alpha value is -3.06. The van der Waals surface area contributed by atoms with Crippen molar-refractivity contribution in [2.24, 2.45) is 0 Å².